The Labute approximate surface area is 122 Å². The standard InChI is InChI=1S/C12H17NO7S/c1-7-4-13(5-9(6-14)19-7)21(17,18)11-3-10(12(15)16)20-8(11)2/h3,7,9,14H,4-6H2,1-2H3,(H,15,16). The molecular formula is C12H17NO7S. The summed E-state index contributed by atoms with van der Waals surface area (Å²) >= 11 is 0. The van der Waals surface area contributed by atoms with E-state index in [0.717, 1.165) is 6.07 Å². The van der Waals surface area contributed by atoms with Gasteiger partial charge in [0.05, 0.1) is 18.8 Å². The van der Waals surface area contributed by atoms with Crippen LogP contribution in [0.2, 0.25) is 0 Å². The topological polar surface area (TPSA) is 117 Å². The van der Waals surface area contributed by atoms with Gasteiger partial charge in [0.25, 0.3) is 0 Å². The summed E-state index contributed by atoms with van der Waals surface area (Å²) < 4.78 is 36.7. The number of nitrogens with zero attached hydrogens (tertiary/aromatic N) is 1. The second kappa shape index (κ2) is 5.76. The Balaban J connectivity index is 2.35. The Bertz CT molecular complexity index is 636. The van der Waals surface area contributed by atoms with Gasteiger partial charge in [-0.3, -0.25) is 0 Å². The van der Waals surface area contributed by atoms with E-state index >= 15 is 0 Å². The number of furan rings is 1. The molecule has 1 saturated heterocycles. The number of carbonyl (C=O) groups is 1. The zero-order valence-electron chi connectivity index (χ0n) is 11.6. The van der Waals surface area contributed by atoms with Crippen LogP contribution < -0.4 is 0 Å². The molecule has 0 spiro atoms. The van der Waals surface area contributed by atoms with Gasteiger partial charge in [-0.25, -0.2) is 13.2 Å². The highest BCUT2D eigenvalue weighted by atomic mass is 32.2. The summed E-state index contributed by atoms with van der Waals surface area (Å²) in [5.74, 6) is -1.73. The highest BCUT2D eigenvalue weighted by Gasteiger charge is 2.36. The molecular weight excluding hydrogens is 302 g/mol. The summed E-state index contributed by atoms with van der Waals surface area (Å²) in [5, 5.41) is 18.0. The fourth-order valence-electron chi connectivity index (χ4n) is 2.27. The minimum atomic E-state index is -3.90. The molecule has 2 N–H and O–H groups in total. The van der Waals surface area contributed by atoms with Gasteiger partial charge in [0.1, 0.15) is 10.7 Å². The molecule has 1 aliphatic heterocycles. The summed E-state index contributed by atoms with van der Waals surface area (Å²) in [6.07, 6.45) is -0.966. The maximum Gasteiger partial charge on any atom is 0.371 e. The van der Waals surface area contributed by atoms with Crippen LogP contribution in [0.1, 0.15) is 23.2 Å². The van der Waals surface area contributed by atoms with Crippen LogP contribution in [0.15, 0.2) is 15.4 Å². The largest absolute Gasteiger partial charge is 0.475 e. The molecule has 1 fully saturated rings. The first kappa shape index (κ1) is 16.0. The molecule has 0 bridgehead atoms. The first-order valence-corrected chi connectivity index (χ1v) is 7.80. The van der Waals surface area contributed by atoms with Crippen LogP contribution in [-0.2, 0) is 14.8 Å². The van der Waals surface area contributed by atoms with Crippen LogP contribution >= 0.6 is 0 Å². The van der Waals surface area contributed by atoms with E-state index in [-0.39, 0.29) is 36.5 Å². The van der Waals surface area contributed by atoms with Crippen LogP contribution in [0, 0.1) is 6.92 Å². The average molecular weight is 319 g/mol. The quantitative estimate of drug-likeness (QED) is 0.805. The molecule has 0 aromatic carbocycles. The molecule has 1 aromatic heterocycles. The number of carboxylic acids is 1. The minimum Gasteiger partial charge on any atom is -0.475 e. The molecule has 0 radical (unpaired) electrons. The van der Waals surface area contributed by atoms with Crippen molar-refractivity contribution in [2.24, 2.45) is 0 Å². The summed E-state index contributed by atoms with van der Waals surface area (Å²) in [6.45, 7) is 2.95. The molecule has 2 atom stereocenters. The first-order valence-electron chi connectivity index (χ1n) is 6.36. The van der Waals surface area contributed by atoms with Crippen molar-refractivity contribution in [1.82, 2.24) is 4.31 Å². The fraction of sp³-hybridized carbons (Fsp3) is 0.583. The van der Waals surface area contributed by atoms with Gasteiger partial charge in [0, 0.05) is 19.2 Å². The normalized spacial score (nSPS) is 24.1. The van der Waals surface area contributed by atoms with E-state index in [2.05, 4.69) is 0 Å². The van der Waals surface area contributed by atoms with Crippen molar-refractivity contribution in [1.29, 1.82) is 0 Å². The Morgan fingerprint density at radius 1 is 1.48 bits per heavy atom. The molecule has 2 unspecified atom stereocenters. The Morgan fingerprint density at radius 2 is 2.14 bits per heavy atom. The zero-order chi connectivity index (χ0) is 15.8. The second-order valence-corrected chi connectivity index (χ2v) is 6.82. The molecule has 118 valence electrons. The number of hydrogen-bond donors (Lipinski definition) is 2. The molecule has 21 heavy (non-hydrogen) atoms. The maximum absolute atomic E-state index is 12.6. The SMILES string of the molecule is Cc1oc(C(=O)O)cc1S(=O)(=O)N1CC(C)OC(CO)C1. The lowest BCUT2D eigenvalue weighted by Gasteiger charge is -2.35. The van der Waals surface area contributed by atoms with Crippen LogP contribution in [-0.4, -0.2) is 60.8 Å². The number of aryl methyl sites for hydroxylation is 1. The predicted octanol–water partition coefficient (Wildman–Crippen LogP) is 0.0565. The molecule has 1 aromatic rings. The molecule has 1 aliphatic rings. The van der Waals surface area contributed by atoms with Crippen molar-refractivity contribution < 1.29 is 32.6 Å². The van der Waals surface area contributed by atoms with Gasteiger partial charge in [-0.1, -0.05) is 0 Å². The number of aromatic carboxylic acids is 1. The van der Waals surface area contributed by atoms with Crippen molar-refractivity contribution in [2.45, 2.75) is 31.0 Å². The first-order chi connectivity index (χ1) is 9.75. The Hall–Kier alpha value is -1.42. The number of ether oxygens (including phenoxy) is 1. The summed E-state index contributed by atoms with van der Waals surface area (Å²) in [4.78, 5) is 10.7. The number of rotatable bonds is 4. The third kappa shape index (κ3) is 3.10. The number of aliphatic hydroxyl groups is 1. The molecule has 0 saturated carbocycles. The number of carboxylic acid groups (broad SMARTS) is 1. The van der Waals surface area contributed by atoms with Crippen LogP contribution in [0.4, 0.5) is 0 Å². The smallest absolute Gasteiger partial charge is 0.371 e. The van der Waals surface area contributed by atoms with Crippen LogP contribution in [0.3, 0.4) is 0 Å². The van der Waals surface area contributed by atoms with E-state index in [4.69, 9.17) is 19.4 Å². The Morgan fingerprint density at radius 3 is 2.67 bits per heavy atom. The molecule has 8 nitrogen and oxygen atoms in total. The lowest BCUT2D eigenvalue weighted by atomic mass is 10.2. The third-order valence-electron chi connectivity index (χ3n) is 3.20. The van der Waals surface area contributed by atoms with Crippen molar-refractivity contribution in [2.75, 3.05) is 19.7 Å². The predicted molar refractivity (Wildman–Crippen MR) is 70.6 cm³/mol. The molecule has 0 aliphatic carbocycles. The van der Waals surface area contributed by atoms with E-state index in [9.17, 15) is 13.2 Å². The van der Waals surface area contributed by atoms with E-state index in [0.29, 0.717) is 0 Å². The summed E-state index contributed by atoms with van der Waals surface area (Å²) in [5.41, 5.74) is 0. The van der Waals surface area contributed by atoms with Gasteiger partial charge in [-0.15, -0.1) is 0 Å². The van der Waals surface area contributed by atoms with Gasteiger partial charge in [0.15, 0.2) is 0 Å². The van der Waals surface area contributed by atoms with Gasteiger partial charge in [-0.2, -0.15) is 4.31 Å². The number of aliphatic hydroxyl groups excluding tert-OH is 1. The summed E-state index contributed by atoms with van der Waals surface area (Å²) in [7, 11) is -3.90. The third-order valence-corrected chi connectivity index (χ3v) is 5.14. The van der Waals surface area contributed by atoms with Crippen LogP contribution in [0.25, 0.3) is 0 Å². The average Bonchev–Trinajstić information content (AvgIpc) is 2.81. The van der Waals surface area contributed by atoms with Crippen LogP contribution in [0.5, 0.6) is 0 Å². The van der Waals surface area contributed by atoms with E-state index in [1.165, 1.54) is 11.2 Å². The number of morpholine rings is 1. The maximum atomic E-state index is 12.6. The molecule has 2 rings (SSSR count). The number of sulfonamides is 1. The lowest BCUT2D eigenvalue weighted by Crippen LogP contribution is -2.50. The zero-order valence-corrected chi connectivity index (χ0v) is 12.5. The molecule has 0 amide bonds. The molecule has 2 heterocycles. The highest BCUT2D eigenvalue weighted by molar-refractivity contribution is 7.89. The van der Waals surface area contributed by atoms with Gasteiger partial charge >= 0.3 is 5.97 Å². The van der Waals surface area contributed by atoms with Gasteiger partial charge in [0.2, 0.25) is 15.8 Å². The Kier molecular flexibility index (Phi) is 4.38. The monoisotopic (exact) mass is 319 g/mol. The highest BCUT2D eigenvalue weighted by Crippen LogP contribution is 2.26. The van der Waals surface area contributed by atoms with Crippen molar-refractivity contribution in [3.8, 4) is 0 Å². The number of hydrogen-bond acceptors (Lipinski definition) is 6. The fourth-order valence-corrected chi connectivity index (χ4v) is 3.97. The molecule has 9 heteroatoms. The van der Waals surface area contributed by atoms with Crippen molar-refractivity contribution in [3.63, 3.8) is 0 Å². The van der Waals surface area contributed by atoms with E-state index in [1.54, 1.807) is 6.92 Å². The van der Waals surface area contributed by atoms with Crippen molar-refractivity contribution in [3.05, 3.63) is 17.6 Å². The minimum absolute atomic E-state index is 0.0101. The van der Waals surface area contributed by atoms with E-state index < -0.39 is 27.9 Å². The summed E-state index contributed by atoms with van der Waals surface area (Å²) in [6, 6.07) is 1.00. The second-order valence-electron chi connectivity index (χ2n) is 4.91. The lowest BCUT2D eigenvalue weighted by molar-refractivity contribution is -0.0750. The van der Waals surface area contributed by atoms with E-state index in [1.807, 2.05) is 0 Å². The van der Waals surface area contributed by atoms with Gasteiger partial charge in [-0.05, 0) is 13.8 Å². The van der Waals surface area contributed by atoms with Crippen molar-refractivity contribution >= 4 is 16.0 Å². The van der Waals surface area contributed by atoms with Gasteiger partial charge < -0.3 is 19.4 Å².